The molecule has 0 aliphatic heterocycles. The average molecular weight is 283 g/mol. The Morgan fingerprint density at radius 3 is 2.60 bits per heavy atom. The van der Waals surface area contributed by atoms with Crippen molar-refractivity contribution in [3.05, 3.63) is 23.8 Å². The fraction of sp³-hybridized carbons (Fsp3) is 0.600. The van der Waals surface area contributed by atoms with Gasteiger partial charge in [0.05, 0.1) is 26.9 Å². The van der Waals surface area contributed by atoms with Gasteiger partial charge in [0.25, 0.3) is 0 Å². The van der Waals surface area contributed by atoms with E-state index in [0.29, 0.717) is 19.8 Å². The lowest BCUT2D eigenvalue weighted by molar-refractivity contribution is 0.0430. The second kappa shape index (κ2) is 9.58. The normalized spacial score (nSPS) is 12.2. The van der Waals surface area contributed by atoms with Gasteiger partial charge in [0.15, 0.2) is 11.5 Å². The lowest BCUT2D eigenvalue weighted by Crippen LogP contribution is -2.31. The maximum atomic E-state index is 9.60. The highest BCUT2D eigenvalue weighted by atomic mass is 16.5. The van der Waals surface area contributed by atoms with Crippen molar-refractivity contribution in [2.75, 3.05) is 40.5 Å². The Morgan fingerprint density at radius 1 is 1.20 bits per heavy atom. The van der Waals surface area contributed by atoms with E-state index in [1.54, 1.807) is 14.2 Å². The van der Waals surface area contributed by atoms with Gasteiger partial charge in [-0.2, -0.15) is 0 Å². The van der Waals surface area contributed by atoms with Crippen molar-refractivity contribution >= 4 is 0 Å². The van der Waals surface area contributed by atoms with Crippen LogP contribution in [0.2, 0.25) is 0 Å². The van der Waals surface area contributed by atoms with Gasteiger partial charge >= 0.3 is 0 Å². The Kier molecular flexibility index (Phi) is 8.02. The van der Waals surface area contributed by atoms with Crippen LogP contribution in [0.25, 0.3) is 0 Å². The largest absolute Gasteiger partial charge is 0.493 e. The zero-order chi connectivity index (χ0) is 14.8. The highest BCUT2D eigenvalue weighted by Gasteiger charge is 2.05. The van der Waals surface area contributed by atoms with E-state index in [1.807, 2.05) is 25.1 Å². The van der Waals surface area contributed by atoms with Crippen molar-refractivity contribution in [3.8, 4) is 11.5 Å². The predicted molar refractivity (Wildman–Crippen MR) is 78.6 cm³/mol. The Balaban J connectivity index is 2.31. The Labute approximate surface area is 120 Å². The van der Waals surface area contributed by atoms with Crippen molar-refractivity contribution in [2.24, 2.45) is 0 Å². The summed E-state index contributed by atoms with van der Waals surface area (Å²) in [6, 6.07) is 5.88. The van der Waals surface area contributed by atoms with E-state index in [1.165, 1.54) is 0 Å². The molecule has 0 aliphatic carbocycles. The molecule has 5 heteroatoms. The first-order valence-electron chi connectivity index (χ1n) is 6.88. The molecule has 0 heterocycles. The van der Waals surface area contributed by atoms with Crippen LogP contribution in [0.15, 0.2) is 18.2 Å². The van der Waals surface area contributed by atoms with Crippen LogP contribution in [-0.4, -0.2) is 51.7 Å². The van der Waals surface area contributed by atoms with Crippen molar-refractivity contribution in [3.63, 3.8) is 0 Å². The van der Waals surface area contributed by atoms with Crippen LogP contribution in [0.5, 0.6) is 11.5 Å². The van der Waals surface area contributed by atoms with E-state index in [2.05, 4.69) is 5.32 Å². The number of aliphatic hydroxyl groups excluding tert-OH is 1. The second-order valence-electron chi connectivity index (χ2n) is 4.46. The number of hydrogen-bond donors (Lipinski definition) is 2. The van der Waals surface area contributed by atoms with E-state index >= 15 is 0 Å². The van der Waals surface area contributed by atoms with Crippen molar-refractivity contribution in [2.45, 2.75) is 19.4 Å². The minimum atomic E-state index is -0.458. The first kappa shape index (κ1) is 16.8. The van der Waals surface area contributed by atoms with Gasteiger partial charge in [0.1, 0.15) is 0 Å². The van der Waals surface area contributed by atoms with Crippen LogP contribution >= 0.6 is 0 Å². The van der Waals surface area contributed by atoms with Gasteiger partial charge in [-0.1, -0.05) is 6.07 Å². The zero-order valence-electron chi connectivity index (χ0n) is 12.5. The Hall–Kier alpha value is -1.30. The van der Waals surface area contributed by atoms with Crippen molar-refractivity contribution in [1.82, 2.24) is 5.32 Å². The summed E-state index contributed by atoms with van der Waals surface area (Å²) in [5, 5.41) is 12.8. The summed E-state index contributed by atoms with van der Waals surface area (Å²) in [5.74, 6) is 1.47. The highest BCUT2D eigenvalue weighted by Crippen LogP contribution is 2.27. The van der Waals surface area contributed by atoms with Gasteiger partial charge in [-0.25, -0.2) is 0 Å². The van der Waals surface area contributed by atoms with Crippen LogP contribution in [0.4, 0.5) is 0 Å². The van der Waals surface area contributed by atoms with E-state index in [4.69, 9.17) is 14.2 Å². The topological polar surface area (TPSA) is 60.0 Å². The third-order valence-corrected chi connectivity index (χ3v) is 2.93. The molecule has 1 unspecified atom stereocenters. The van der Waals surface area contributed by atoms with Crippen LogP contribution in [-0.2, 0) is 11.2 Å². The Morgan fingerprint density at radius 2 is 1.95 bits per heavy atom. The molecule has 2 N–H and O–H groups in total. The molecule has 1 rings (SSSR count). The second-order valence-corrected chi connectivity index (χ2v) is 4.46. The molecule has 0 bridgehead atoms. The van der Waals surface area contributed by atoms with E-state index in [9.17, 15) is 5.11 Å². The van der Waals surface area contributed by atoms with E-state index < -0.39 is 6.10 Å². The predicted octanol–water partition coefficient (Wildman–Crippen LogP) is 1.23. The smallest absolute Gasteiger partial charge is 0.160 e. The van der Waals surface area contributed by atoms with Gasteiger partial charge in [0, 0.05) is 13.2 Å². The fourth-order valence-corrected chi connectivity index (χ4v) is 1.85. The van der Waals surface area contributed by atoms with Gasteiger partial charge in [-0.05, 0) is 37.6 Å². The van der Waals surface area contributed by atoms with Gasteiger partial charge < -0.3 is 24.6 Å². The van der Waals surface area contributed by atoms with Gasteiger partial charge in [-0.3, -0.25) is 0 Å². The average Bonchev–Trinajstić information content (AvgIpc) is 2.49. The van der Waals surface area contributed by atoms with E-state index in [-0.39, 0.29) is 0 Å². The third kappa shape index (κ3) is 5.77. The molecule has 0 saturated heterocycles. The first-order valence-corrected chi connectivity index (χ1v) is 6.88. The first-order chi connectivity index (χ1) is 9.71. The van der Waals surface area contributed by atoms with Crippen molar-refractivity contribution < 1.29 is 19.3 Å². The van der Waals surface area contributed by atoms with Crippen LogP contribution in [0, 0.1) is 0 Å². The molecular formula is C15H25NO4. The summed E-state index contributed by atoms with van der Waals surface area (Å²) in [7, 11) is 3.25. The monoisotopic (exact) mass is 283 g/mol. The fourth-order valence-electron chi connectivity index (χ4n) is 1.85. The lowest BCUT2D eigenvalue weighted by atomic mass is 10.1. The quantitative estimate of drug-likeness (QED) is 0.633. The molecule has 0 aliphatic rings. The number of aliphatic hydroxyl groups is 1. The summed E-state index contributed by atoms with van der Waals surface area (Å²) in [6.45, 7) is 4.24. The van der Waals surface area contributed by atoms with Crippen molar-refractivity contribution in [1.29, 1.82) is 0 Å². The summed E-state index contributed by atoms with van der Waals surface area (Å²) in [4.78, 5) is 0. The van der Waals surface area contributed by atoms with E-state index in [0.717, 1.165) is 30.0 Å². The van der Waals surface area contributed by atoms with Crippen LogP contribution in [0.1, 0.15) is 12.5 Å². The number of methoxy groups -OCH3 is 2. The summed E-state index contributed by atoms with van der Waals surface area (Å²) < 4.78 is 15.6. The highest BCUT2D eigenvalue weighted by molar-refractivity contribution is 5.42. The third-order valence-electron chi connectivity index (χ3n) is 2.93. The molecule has 0 amide bonds. The van der Waals surface area contributed by atoms with Gasteiger partial charge in [0.2, 0.25) is 0 Å². The molecule has 20 heavy (non-hydrogen) atoms. The standard InChI is InChI=1S/C15H25NO4/c1-4-20-11-13(17)10-16-8-7-12-5-6-14(18-2)15(9-12)19-3/h5-6,9,13,16-17H,4,7-8,10-11H2,1-3H3. The molecule has 114 valence electrons. The lowest BCUT2D eigenvalue weighted by Gasteiger charge is -2.12. The molecule has 0 spiro atoms. The minimum Gasteiger partial charge on any atom is -0.493 e. The maximum Gasteiger partial charge on any atom is 0.160 e. The minimum absolute atomic E-state index is 0.375. The SMILES string of the molecule is CCOCC(O)CNCCc1ccc(OC)c(OC)c1. The number of benzene rings is 1. The summed E-state index contributed by atoms with van der Waals surface area (Å²) >= 11 is 0. The summed E-state index contributed by atoms with van der Waals surface area (Å²) in [5.41, 5.74) is 1.16. The van der Waals surface area contributed by atoms with Crippen LogP contribution in [0.3, 0.4) is 0 Å². The number of nitrogens with one attached hydrogen (secondary N) is 1. The maximum absolute atomic E-state index is 9.60. The zero-order valence-corrected chi connectivity index (χ0v) is 12.5. The van der Waals surface area contributed by atoms with Crippen LogP contribution < -0.4 is 14.8 Å². The molecular weight excluding hydrogens is 258 g/mol. The Bertz CT molecular complexity index is 384. The number of hydrogen-bond acceptors (Lipinski definition) is 5. The molecule has 0 aromatic heterocycles. The molecule has 1 atom stereocenters. The molecule has 0 radical (unpaired) electrons. The number of ether oxygens (including phenoxy) is 3. The summed E-state index contributed by atoms with van der Waals surface area (Å²) in [6.07, 6.45) is 0.405. The molecule has 5 nitrogen and oxygen atoms in total. The number of rotatable bonds is 10. The molecule has 0 saturated carbocycles. The molecule has 1 aromatic carbocycles. The van der Waals surface area contributed by atoms with Gasteiger partial charge in [-0.15, -0.1) is 0 Å². The molecule has 0 fully saturated rings. The molecule has 1 aromatic rings.